The summed E-state index contributed by atoms with van der Waals surface area (Å²) in [6.45, 7) is 5.79. The molecule has 94 valence electrons. The Morgan fingerprint density at radius 3 is 3.12 bits per heavy atom. The molecule has 0 aliphatic carbocycles. The van der Waals surface area contributed by atoms with E-state index in [0.29, 0.717) is 24.2 Å². The predicted molar refractivity (Wildman–Crippen MR) is 74.0 cm³/mol. The Kier molecular flexibility index (Phi) is 3.99. The van der Waals surface area contributed by atoms with Gasteiger partial charge in [0.2, 0.25) is 5.88 Å². The number of thioether (sulfide) groups is 1. The highest BCUT2D eigenvalue weighted by molar-refractivity contribution is 7.99. The molecule has 2 N–H and O–H groups in total. The van der Waals surface area contributed by atoms with Crippen molar-refractivity contribution < 1.29 is 4.74 Å². The van der Waals surface area contributed by atoms with E-state index in [-0.39, 0.29) is 0 Å². The largest absolute Gasteiger partial charge is 0.476 e. The highest BCUT2D eigenvalue weighted by Crippen LogP contribution is 2.27. The summed E-state index contributed by atoms with van der Waals surface area (Å²) in [5.41, 5.74) is 6.44. The summed E-state index contributed by atoms with van der Waals surface area (Å²) in [5.74, 6) is 3.82. The van der Waals surface area contributed by atoms with Crippen LogP contribution in [0.15, 0.2) is 12.1 Å². The minimum atomic E-state index is 0.513. The van der Waals surface area contributed by atoms with Gasteiger partial charge in [-0.1, -0.05) is 0 Å². The van der Waals surface area contributed by atoms with Crippen LogP contribution in [0.1, 0.15) is 13.8 Å². The Morgan fingerprint density at radius 2 is 2.41 bits per heavy atom. The zero-order valence-electron chi connectivity index (χ0n) is 10.3. The zero-order chi connectivity index (χ0) is 12.3. The fraction of sp³-hybridized carbons (Fsp3) is 0.583. The van der Waals surface area contributed by atoms with Gasteiger partial charge in [-0.05, 0) is 26.0 Å². The molecule has 1 fully saturated rings. The molecule has 0 aromatic carbocycles. The Balaban J connectivity index is 2.22. The van der Waals surface area contributed by atoms with Crippen molar-refractivity contribution in [3.8, 4) is 5.88 Å². The van der Waals surface area contributed by atoms with E-state index < -0.39 is 0 Å². The molecular weight excluding hydrogens is 234 g/mol. The Morgan fingerprint density at radius 1 is 1.59 bits per heavy atom. The average Bonchev–Trinajstić information content (AvgIpc) is 2.33. The summed E-state index contributed by atoms with van der Waals surface area (Å²) in [6.07, 6.45) is 0. The van der Waals surface area contributed by atoms with Crippen molar-refractivity contribution in [2.75, 3.05) is 35.3 Å². The van der Waals surface area contributed by atoms with Crippen LogP contribution in [0.5, 0.6) is 5.88 Å². The minimum absolute atomic E-state index is 0.513. The summed E-state index contributed by atoms with van der Waals surface area (Å²) in [6, 6.07) is 4.37. The first-order chi connectivity index (χ1) is 8.22. The Bertz CT molecular complexity index is 386. The molecule has 1 unspecified atom stereocenters. The van der Waals surface area contributed by atoms with Gasteiger partial charge >= 0.3 is 0 Å². The van der Waals surface area contributed by atoms with E-state index in [4.69, 9.17) is 10.5 Å². The van der Waals surface area contributed by atoms with Crippen molar-refractivity contribution in [3.63, 3.8) is 0 Å². The maximum Gasteiger partial charge on any atom is 0.239 e. The molecule has 1 aromatic heterocycles. The highest BCUT2D eigenvalue weighted by Gasteiger charge is 2.20. The van der Waals surface area contributed by atoms with Crippen LogP contribution in [-0.4, -0.2) is 35.7 Å². The van der Waals surface area contributed by atoms with Crippen LogP contribution >= 0.6 is 11.8 Å². The van der Waals surface area contributed by atoms with Gasteiger partial charge in [0.25, 0.3) is 0 Å². The lowest BCUT2D eigenvalue weighted by molar-refractivity contribution is 0.329. The van der Waals surface area contributed by atoms with Crippen LogP contribution in [0.25, 0.3) is 0 Å². The number of hydrogen-bond donors (Lipinski definition) is 1. The third kappa shape index (κ3) is 2.77. The van der Waals surface area contributed by atoms with Crippen LogP contribution in [0.2, 0.25) is 0 Å². The molecule has 1 aliphatic rings. The van der Waals surface area contributed by atoms with Gasteiger partial charge in [-0.2, -0.15) is 16.7 Å². The van der Waals surface area contributed by atoms with Gasteiger partial charge in [-0.25, -0.2) is 0 Å². The van der Waals surface area contributed by atoms with E-state index in [2.05, 4.69) is 16.8 Å². The second kappa shape index (κ2) is 5.49. The second-order valence-electron chi connectivity index (χ2n) is 4.11. The van der Waals surface area contributed by atoms with Gasteiger partial charge in [0, 0.05) is 24.1 Å². The number of anilines is 2. The van der Waals surface area contributed by atoms with Gasteiger partial charge < -0.3 is 15.4 Å². The number of nitrogens with zero attached hydrogens (tertiary/aromatic N) is 2. The number of pyridine rings is 1. The van der Waals surface area contributed by atoms with E-state index in [1.165, 1.54) is 0 Å². The van der Waals surface area contributed by atoms with Gasteiger partial charge in [0.1, 0.15) is 5.82 Å². The van der Waals surface area contributed by atoms with Crippen LogP contribution < -0.4 is 15.4 Å². The molecule has 2 heterocycles. The summed E-state index contributed by atoms with van der Waals surface area (Å²) in [5, 5.41) is 0. The third-order valence-electron chi connectivity index (χ3n) is 2.82. The fourth-order valence-electron chi connectivity index (χ4n) is 1.92. The van der Waals surface area contributed by atoms with E-state index >= 15 is 0 Å². The van der Waals surface area contributed by atoms with Crippen LogP contribution in [0.4, 0.5) is 11.5 Å². The second-order valence-corrected chi connectivity index (χ2v) is 5.26. The maximum atomic E-state index is 5.83. The van der Waals surface area contributed by atoms with Gasteiger partial charge in [-0.3, -0.25) is 0 Å². The first kappa shape index (κ1) is 12.4. The van der Waals surface area contributed by atoms with Gasteiger partial charge in [0.05, 0.1) is 12.3 Å². The van der Waals surface area contributed by atoms with Crippen molar-refractivity contribution in [2.24, 2.45) is 0 Å². The number of ether oxygens (including phenoxy) is 1. The SMILES string of the molecule is CCOc1nc(N2CCSCC2C)ccc1N. The number of aromatic nitrogens is 1. The Labute approximate surface area is 107 Å². The van der Waals surface area contributed by atoms with Crippen molar-refractivity contribution in [3.05, 3.63) is 12.1 Å². The lowest BCUT2D eigenvalue weighted by Gasteiger charge is -2.34. The van der Waals surface area contributed by atoms with Crippen LogP contribution in [-0.2, 0) is 0 Å². The first-order valence-corrected chi connectivity index (χ1v) is 7.11. The minimum Gasteiger partial charge on any atom is -0.476 e. The standard InChI is InChI=1S/C12H19N3OS/c1-3-16-12-10(13)4-5-11(14-12)15-6-7-17-8-9(15)2/h4-5,9H,3,6-8,13H2,1-2H3. The maximum absolute atomic E-state index is 5.83. The normalized spacial score (nSPS) is 20.4. The molecule has 0 amide bonds. The van der Waals surface area contributed by atoms with Gasteiger partial charge in [0.15, 0.2) is 0 Å². The number of nitrogen functional groups attached to an aromatic ring is 1. The van der Waals surface area contributed by atoms with Gasteiger partial charge in [-0.15, -0.1) is 0 Å². The zero-order valence-corrected chi connectivity index (χ0v) is 11.2. The molecule has 2 rings (SSSR count). The molecule has 0 bridgehead atoms. The monoisotopic (exact) mass is 253 g/mol. The summed E-state index contributed by atoms with van der Waals surface area (Å²) in [7, 11) is 0. The van der Waals surface area contributed by atoms with E-state index in [9.17, 15) is 0 Å². The summed E-state index contributed by atoms with van der Waals surface area (Å²) >= 11 is 1.99. The smallest absolute Gasteiger partial charge is 0.239 e. The molecule has 1 atom stereocenters. The molecule has 1 saturated heterocycles. The van der Waals surface area contributed by atoms with Crippen molar-refractivity contribution >= 4 is 23.3 Å². The average molecular weight is 253 g/mol. The Hall–Kier alpha value is -1.10. The molecule has 0 radical (unpaired) electrons. The summed E-state index contributed by atoms with van der Waals surface area (Å²) in [4.78, 5) is 6.82. The molecular formula is C12H19N3OS. The van der Waals surface area contributed by atoms with Crippen molar-refractivity contribution in [1.82, 2.24) is 4.98 Å². The molecule has 4 nitrogen and oxygen atoms in total. The lowest BCUT2D eigenvalue weighted by Crippen LogP contribution is -2.40. The molecule has 0 saturated carbocycles. The predicted octanol–water partition coefficient (Wildman–Crippen LogP) is 2.00. The molecule has 5 heteroatoms. The topological polar surface area (TPSA) is 51.4 Å². The summed E-state index contributed by atoms with van der Waals surface area (Å²) < 4.78 is 5.44. The quantitative estimate of drug-likeness (QED) is 0.893. The van der Waals surface area contributed by atoms with Crippen LogP contribution in [0.3, 0.4) is 0 Å². The number of nitrogens with two attached hydrogens (primary N) is 1. The molecule has 17 heavy (non-hydrogen) atoms. The van der Waals surface area contributed by atoms with E-state index in [1.807, 2.05) is 30.8 Å². The highest BCUT2D eigenvalue weighted by atomic mass is 32.2. The molecule has 1 aliphatic heterocycles. The van der Waals surface area contributed by atoms with Crippen molar-refractivity contribution in [2.45, 2.75) is 19.9 Å². The van der Waals surface area contributed by atoms with Crippen molar-refractivity contribution in [1.29, 1.82) is 0 Å². The van der Waals surface area contributed by atoms with Crippen LogP contribution in [0, 0.1) is 0 Å². The molecule has 1 aromatic rings. The first-order valence-electron chi connectivity index (χ1n) is 5.96. The molecule has 0 spiro atoms. The lowest BCUT2D eigenvalue weighted by atomic mass is 10.3. The third-order valence-corrected chi connectivity index (χ3v) is 4.01. The van der Waals surface area contributed by atoms with E-state index in [0.717, 1.165) is 23.9 Å². The number of rotatable bonds is 3. The van der Waals surface area contributed by atoms with E-state index in [1.54, 1.807) is 0 Å². The fourth-order valence-corrected chi connectivity index (χ4v) is 2.93. The number of hydrogen-bond acceptors (Lipinski definition) is 5.